The summed E-state index contributed by atoms with van der Waals surface area (Å²) in [6.45, 7) is 7.15. The molecule has 0 saturated heterocycles. The third-order valence-electron chi connectivity index (χ3n) is 4.43. The molecule has 3 aromatic heterocycles. The molecule has 0 saturated carbocycles. The van der Waals surface area contributed by atoms with E-state index >= 15 is 0 Å². The normalized spacial score (nSPS) is 11.1. The van der Waals surface area contributed by atoms with Crippen molar-refractivity contribution >= 4 is 17.5 Å². The van der Waals surface area contributed by atoms with Crippen molar-refractivity contribution in [2.75, 3.05) is 5.75 Å². The fourth-order valence-corrected chi connectivity index (χ4v) is 3.85. The van der Waals surface area contributed by atoms with Gasteiger partial charge in [-0.1, -0.05) is 18.7 Å². The van der Waals surface area contributed by atoms with E-state index in [1.165, 1.54) is 11.8 Å². The fraction of sp³-hybridized carbons (Fsp3) is 0.368. The molecule has 0 spiro atoms. The Morgan fingerprint density at radius 2 is 1.92 bits per heavy atom. The minimum absolute atomic E-state index is 0.124. The molecule has 3 rings (SSSR count). The first-order valence-corrected chi connectivity index (χ1v) is 9.64. The van der Waals surface area contributed by atoms with Gasteiger partial charge in [0.1, 0.15) is 0 Å². The van der Waals surface area contributed by atoms with Crippen LogP contribution in [0.4, 0.5) is 0 Å². The van der Waals surface area contributed by atoms with E-state index in [2.05, 4.69) is 33.6 Å². The Morgan fingerprint density at radius 1 is 1.19 bits per heavy atom. The molecule has 6 nitrogen and oxygen atoms in total. The highest BCUT2D eigenvalue weighted by molar-refractivity contribution is 7.99. The smallest absolute Gasteiger partial charge is 0.191 e. The van der Waals surface area contributed by atoms with Crippen LogP contribution in [0.3, 0.4) is 0 Å². The van der Waals surface area contributed by atoms with Gasteiger partial charge in [0.05, 0.1) is 5.75 Å². The predicted molar refractivity (Wildman–Crippen MR) is 103 cm³/mol. The SMILES string of the molecule is CCCn1c(C)cc(C(=O)CSc2nnc(-c3ccncc3)n2C)c1C. The molecule has 0 radical (unpaired) electrons. The lowest BCUT2D eigenvalue weighted by Gasteiger charge is -2.07. The van der Waals surface area contributed by atoms with Crippen molar-refractivity contribution in [3.05, 3.63) is 47.5 Å². The fourth-order valence-electron chi connectivity index (χ4n) is 3.05. The molecule has 0 atom stereocenters. The number of carbonyl (C=O) groups excluding carboxylic acids is 1. The summed E-state index contributed by atoms with van der Waals surface area (Å²) in [6.07, 6.45) is 4.51. The number of rotatable bonds is 7. The molecule has 0 aromatic carbocycles. The minimum atomic E-state index is 0.124. The van der Waals surface area contributed by atoms with Crippen molar-refractivity contribution in [2.45, 2.75) is 38.9 Å². The average Bonchev–Trinajstić information content (AvgIpc) is 3.15. The average molecular weight is 369 g/mol. The van der Waals surface area contributed by atoms with E-state index in [9.17, 15) is 4.79 Å². The summed E-state index contributed by atoms with van der Waals surface area (Å²) in [4.78, 5) is 16.7. The second kappa shape index (κ2) is 7.86. The highest BCUT2D eigenvalue weighted by atomic mass is 32.2. The van der Waals surface area contributed by atoms with Gasteiger partial charge in [-0.2, -0.15) is 0 Å². The Bertz CT molecular complexity index is 914. The van der Waals surface area contributed by atoms with Crippen LogP contribution in [-0.2, 0) is 13.6 Å². The second-order valence-electron chi connectivity index (χ2n) is 6.25. The largest absolute Gasteiger partial charge is 0.348 e. The van der Waals surface area contributed by atoms with Crippen molar-refractivity contribution in [2.24, 2.45) is 7.05 Å². The molecule has 0 fully saturated rings. The van der Waals surface area contributed by atoms with Gasteiger partial charge in [0, 0.05) is 48.5 Å². The maximum Gasteiger partial charge on any atom is 0.191 e. The maximum absolute atomic E-state index is 12.7. The lowest BCUT2D eigenvalue weighted by Crippen LogP contribution is -2.07. The van der Waals surface area contributed by atoms with E-state index in [0.29, 0.717) is 5.75 Å². The number of carbonyl (C=O) groups is 1. The van der Waals surface area contributed by atoms with Gasteiger partial charge in [-0.25, -0.2) is 0 Å². The molecular formula is C19H23N5OS. The summed E-state index contributed by atoms with van der Waals surface area (Å²) >= 11 is 1.42. The number of thioether (sulfide) groups is 1. The van der Waals surface area contributed by atoms with Crippen molar-refractivity contribution < 1.29 is 4.79 Å². The van der Waals surface area contributed by atoms with Crippen LogP contribution in [0.25, 0.3) is 11.4 Å². The van der Waals surface area contributed by atoms with E-state index in [1.807, 2.05) is 36.7 Å². The molecule has 3 heterocycles. The number of Topliss-reactive ketones (excluding diaryl/α,β-unsaturated/α-hetero) is 1. The number of hydrogen-bond donors (Lipinski definition) is 0. The van der Waals surface area contributed by atoms with Gasteiger partial charge in [0.15, 0.2) is 16.8 Å². The minimum Gasteiger partial charge on any atom is -0.348 e. The van der Waals surface area contributed by atoms with Crippen molar-refractivity contribution in [1.82, 2.24) is 24.3 Å². The van der Waals surface area contributed by atoms with Crippen molar-refractivity contribution in [1.29, 1.82) is 0 Å². The molecule has 0 aliphatic rings. The molecule has 136 valence electrons. The van der Waals surface area contributed by atoms with Gasteiger partial charge >= 0.3 is 0 Å². The molecule has 0 aliphatic carbocycles. The zero-order valence-electron chi connectivity index (χ0n) is 15.6. The molecule has 7 heteroatoms. The van der Waals surface area contributed by atoms with E-state index in [-0.39, 0.29) is 5.78 Å². The van der Waals surface area contributed by atoms with Crippen LogP contribution < -0.4 is 0 Å². The van der Waals surface area contributed by atoms with Crippen LogP contribution >= 0.6 is 11.8 Å². The number of aromatic nitrogens is 5. The second-order valence-corrected chi connectivity index (χ2v) is 7.19. The van der Waals surface area contributed by atoms with Gasteiger partial charge in [-0.05, 0) is 38.5 Å². The molecular weight excluding hydrogens is 346 g/mol. The Labute approximate surface area is 157 Å². The van der Waals surface area contributed by atoms with Crippen molar-refractivity contribution in [3.8, 4) is 11.4 Å². The molecule has 3 aromatic rings. The lowest BCUT2D eigenvalue weighted by atomic mass is 10.2. The lowest BCUT2D eigenvalue weighted by molar-refractivity contribution is 0.102. The zero-order valence-corrected chi connectivity index (χ0v) is 16.4. The van der Waals surface area contributed by atoms with Crippen LogP contribution in [0.1, 0.15) is 35.1 Å². The zero-order chi connectivity index (χ0) is 18.7. The Balaban J connectivity index is 1.73. The first-order chi connectivity index (χ1) is 12.5. The monoisotopic (exact) mass is 369 g/mol. The Kier molecular flexibility index (Phi) is 5.56. The quantitative estimate of drug-likeness (QED) is 0.469. The van der Waals surface area contributed by atoms with Gasteiger partial charge < -0.3 is 9.13 Å². The van der Waals surface area contributed by atoms with Crippen LogP contribution in [-0.4, -0.2) is 35.9 Å². The standard InChI is InChI=1S/C19H23N5OS/c1-5-10-24-13(2)11-16(14(24)3)17(25)12-26-19-22-21-18(23(19)4)15-6-8-20-9-7-15/h6-9,11H,5,10,12H2,1-4H3. The van der Waals surface area contributed by atoms with Crippen LogP contribution in [0.2, 0.25) is 0 Å². The summed E-state index contributed by atoms with van der Waals surface area (Å²) in [7, 11) is 1.91. The molecule has 0 amide bonds. The topological polar surface area (TPSA) is 65.6 Å². The number of hydrogen-bond acceptors (Lipinski definition) is 5. The highest BCUT2D eigenvalue weighted by Crippen LogP contribution is 2.24. The summed E-state index contributed by atoms with van der Waals surface area (Å²) in [6, 6.07) is 5.78. The van der Waals surface area contributed by atoms with E-state index in [1.54, 1.807) is 12.4 Å². The van der Waals surface area contributed by atoms with Crippen LogP contribution in [0.15, 0.2) is 35.7 Å². The number of ketones is 1. The van der Waals surface area contributed by atoms with Crippen molar-refractivity contribution in [3.63, 3.8) is 0 Å². The number of aryl methyl sites for hydroxylation is 1. The Hall–Kier alpha value is -2.41. The Morgan fingerprint density at radius 3 is 2.62 bits per heavy atom. The first kappa shape index (κ1) is 18.4. The van der Waals surface area contributed by atoms with Gasteiger partial charge in [0.25, 0.3) is 0 Å². The third kappa shape index (κ3) is 3.58. The first-order valence-electron chi connectivity index (χ1n) is 8.65. The summed E-state index contributed by atoms with van der Waals surface area (Å²) in [5, 5.41) is 9.21. The highest BCUT2D eigenvalue weighted by Gasteiger charge is 2.18. The van der Waals surface area contributed by atoms with Gasteiger partial charge in [0.2, 0.25) is 0 Å². The molecule has 0 bridgehead atoms. The molecule has 26 heavy (non-hydrogen) atoms. The van der Waals surface area contributed by atoms with E-state index < -0.39 is 0 Å². The molecule has 0 aliphatic heterocycles. The maximum atomic E-state index is 12.7. The van der Waals surface area contributed by atoms with Crippen LogP contribution in [0.5, 0.6) is 0 Å². The number of nitrogens with zero attached hydrogens (tertiary/aromatic N) is 5. The van der Waals surface area contributed by atoms with Gasteiger partial charge in [-0.15, -0.1) is 10.2 Å². The third-order valence-corrected chi connectivity index (χ3v) is 5.45. The molecule has 0 N–H and O–H groups in total. The van der Waals surface area contributed by atoms with Gasteiger partial charge in [-0.3, -0.25) is 9.78 Å². The van der Waals surface area contributed by atoms with E-state index in [4.69, 9.17) is 0 Å². The van der Waals surface area contributed by atoms with E-state index in [0.717, 1.165) is 46.5 Å². The molecule has 0 unspecified atom stereocenters. The summed E-state index contributed by atoms with van der Waals surface area (Å²) in [5.41, 5.74) is 3.94. The van der Waals surface area contributed by atoms with Crippen LogP contribution in [0, 0.1) is 13.8 Å². The predicted octanol–water partition coefficient (Wildman–Crippen LogP) is 3.68. The summed E-state index contributed by atoms with van der Waals surface area (Å²) < 4.78 is 4.12. The number of pyridine rings is 1. The summed E-state index contributed by atoms with van der Waals surface area (Å²) in [5.74, 6) is 1.24.